The van der Waals surface area contributed by atoms with Gasteiger partial charge in [0.05, 0.1) is 10.9 Å². The summed E-state index contributed by atoms with van der Waals surface area (Å²) in [5.41, 5.74) is 3.16. The van der Waals surface area contributed by atoms with Gasteiger partial charge in [0.2, 0.25) is 5.89 Å². The smallest absolute Gasteiger partial charge is 0.347 e. The minimum absolute atomic E-state index is 0.306. The first-order valence-corrected chi connectivity index (χ1v) is 9.16. The fraction of sp³-hybridized carbons (Fsp3) is 0. The van der Waals surface area contributed by atoms with E-state index >= 15 is 0 Å². The SMILES string of the molecule is O=c1oc(-c2ccc(-c3ccccc3)cc2)nc2c(Br)cc(Br)cc12. The summed E-state index contributed by atoms with van der Waals surface area (Å²) in [6, 6.07) is 21.5. The molecule has 3 aromatic carbocycles. The standard InChI is InChI=1S/C20H11Br2NO2/c21-15-10-16-18(17(22)11-15)23-19(25-20(16)24)14-8-6-13(7-9-14)12-4-2-1-3-5-12/h1-11H. The maximum Gasteiger partial charge on any atom is 0.347 e. The predicted octanol–water partition coefficient (Wildman–Crippen LogP) is 6.05. The van der Waals surface area contributed by atoms with Crippen molar-refractivity contribution in [1.29, 1.82) is 0 Å². The number of fused-ring (bicyclic) bond motifs is 1. The van der Waals surface area contributed by atoms with Crippen LogP contribution in [0.25, 0.3) is 33.5 Å². The Bertz CT molecular complexity index is 1120. The zero-order valence-corrected chi connectivity index (χ0v) is 16.0. The highest BCUT2D eigenvalue weighted by Crippen LogP contribution is 2.28. The molecule has 122 valence electrons. The Labute approximate surface area is 160 Å². The van der Waals surface area contributed by atoms with E-state index in [-0.39, 0.29) is 0 Å². The topological polar surface area (TPSA) is 43.1 Å². The minimum Gasteiger partial charge on any atom is -0.403 e. The second-order valence-corrected chi connectivity index (χ2v) is 7.30. The Kier molecular flexibility index (Phi) is 4.27. The Balaban J connectivity index is 1.81. The first-order valence-electron chi connectivity index (χ1n) is 7.57. The van der Waals surface area contributed by atoms with Crippen molar-refractivity contribution in [2.45, 2.75) is 0 Å². The molecule has 0 saturated carbocycles. The first kappa shape index (κ1) is 16.2. The van der Waals surface area contributed by atoms with Crippen LogP contribution in [0.1, 0.15) is 0 Å². The molecule has 0 amide bonds. The van der Waals surface area contributed by atoms with E-state index in [1.807, 2.05) is 48.5 Å². The summed E-state index contributed by atoms with van der Waals surface area (Å²) in [6.07, 6.45) is 0. The molecule has 0 fully saturated rings. The van der Waals surface area contributed by atoms with Crippen LogP contribution in [0.4, 0.5) is 0 Å². The second kappa shape index (κ2) is 6.58. The van der Waals surface area contributed by atoms with Crippen molar-refractivity contribution >= 4 is 42.8 Å². The molecule has 0 unspecified atom stereocenters. The molecule has 0 saturated heterocycles. The van der Waals surface area contributed by atoms with Crippen molar-refractivity contribution in [3.8, 4) is 22.6 Å². The van der Waals surface area contributed by atoms with Gasteiger partial charge in [-0.05, 0) is 51.3 Å². The van der Waals surface area contributed by atoms with Gasteiger partial charge in [0.25, 0.3) is 0 Å². The Morgan fingerprint density at radius 3 is 2.16 bits per heavy atom. The minimum atomic E-state index is -0.408. The fourth-order valence-electron chi connectivity index (χ4n) is 2.66. The number of hydrogen-bond donors (Lipinski definition) is 0. The van der Waals surface area contributed by atoms with Gasteiger partial charge < -0.3 is 4.42 Å². The second-order valence-electron chi connectivity index (χ2n) is 5.53. The highest BCUT2D eigenvalue weighted by Gasteiger charge is 2.12. The number of rotatable bonds is 2. The predicted molar refractivity (Wildman–Crippen MR) is 107 cm³/mol. The molecule has 0 N–H and O–H groups in total. The van der Waals surface area contributed by atoms with E-state index in [0.717, 1.165) is 25.6 Å². The summed E-state index contributed by atoms with van der Waals surface area (Å²) in [4.78, 5) is 16.8. The molecule has 0 spiro atoms. The van der Waals surface area contributed by atoms with Crippen LogP contribution in [0.2, 0.25) is 0 Å². The Morgan fingerprint density at radius 1 is 0.800 bits per heavy atom. The van der Waals surface area contributed by atoms with Crippen LogP contribution in [0.3, 0.4) is 0 Å². The molecule has 5 heteroatoms. The van der Waals surface area contributed by atoms with Crippen LogP contribution in [0, 0.1) is 0 Å². The largest absolute Gasteiger partial charge is 0.403 e. The van der Waals surface area contributed by atoms with Gasteiger partial charge in [-0.15, -0.1) is 0 Å². The maximum absolute atomic E-state index is 12.3. The Morgan fingerprint density at radius 2 is 1.44 bits per heavy atom. The molecule has 0 aliphatic rings. The highest BCUT2D eigenvalue weighted by atomic mass is 79.9. The average molecular weight is 457 g/mol. The van der Waals surface area contributed by atoms with Crippen molar-refractivity contribution in [1.82, 2.24) is 4.98 Å². The summed E-state index contributed by atoms with van der Waals surface area (Å²) in [7, 11) is 0. The lowest BCUT2D eigenvalue weighted by atomic mass is 10.0. The molecule has 3 nitrogen and oxygen atoms in total. The number of nitrogens with zero attached hydrogens (tertiary/aromatic N) is 1. The molecular weight excluding hydrogens is 446 g/mol. The van der Waals surface area contributed by atoms with E-state index < -0.39 is 5.63 Å². The van der Waals surface area contributed by atoms with Gasteiger partial charge in [0, 0.05) is 14.5 Å². The zero-order valence-electron chi connectivity index (χ0n) is 12.9. The summed E-state index contributed by atoms with van der Waals surface area (Å²) in [5.74, 6) is 0.306. The summed E-state index contributed by atoms with van der Waals surface area (Å²) >= 11 is 6.83. The lowest BCUT2D eigenvalue weighted by molar-refractivity contribution is 0.518. The van der Waals surface area contributed by atoms with Crippen molar-refractivity contribution in [3.63, 3.8) is 0 Å². The van der Waals surface area contributed by atoms with Gasteiger partial charge in [0.15, 0.2) is 0 Å². The number of aromatic nitrogens is 1. The van der Waals surface area contributed by atoms with Gasteiger partial charge in [-0.2, -0.15) is 0 Å². The lowest BCUT2D eigenvalue weighted by Gasteiger charge is -2.05. The van der Waals surface area contributed by atoms with Gasteiger partial charge in [-0.1, -0.05) is 58.4 Å². The monoisotopic (exact) mass is 455 g/mol. The molecule has 0 bridgehead atoms. The molecule has 0 radical (unpaired) electrons. The normalized spacial score (nSPS) is 11.0. The third-order valence-electron chi connectivity index (χ3n) is 3.89. The van der Waals surface area contributed by atoms with Crippen molar-refractivity contribution < 1.29 is 4.42 Å². The Hall–Kier alpha value is -2.24. The average Bonchev–Trinajstić information content (AvgIpc) is 2.63. The summed E-state index contributed by atoms with van der Waals surface area (Å²) in [5, 5.41) is 0.436. The number of benzene rings is 3. The van der Waals surface area contributed by atoms with Crippen LogP contribution < -0.4 is 5.63 Å². The number of halogens is 2. The molecule has 0 aliphatic carbocycles. The van der Waals surface area contributed by atoms with E-state index in [4.69, 9.17) is 4.42 Å². The quantitative estimate of drug-likeness (QED) is 0.369. The van der Waals surface area contributed by atoms with E-state index in [9.17, 15) is 4.79 Å². The van der Waals surface area contributed by atoms with Crippen molar-refractivity contribution in [3.05, 3.63) is 86.1 Å². The van der Waals surface area contributed by atoms with Crippen LogP contribution in [0.15, 0.2) is 84.9 Å². The lowest BCUT2D eigenvalue weighted by Crippen LogP contribution is -2.03. The molecule has 4 aromatic rings. The van der Waals surface area contributed by atoms with Crippen LogP contribution in [0.5, 0.6) is 0 Å². The fourth-order valence-corrected chi connectivity index (χ4v) is 3.98. The molecule has 0 atom stereocenters. The van der Waals surface area contributed by atoms with E-state index in [0.29, 0.717) is 16.8 Å². The molecular formula is C20H11Br2NO2. The van der Waals surface area contributed by atoms with Crippen LogP contribution in [-0.4, -0.2) is 4.98 Å². The van der Waals surface area contributed by atoms with E-state index in [1.165, 1.54) is 0 Å². The molecule has 1 heterocycles. The summed E-state index contributed by atoms with van der Waals surface area (Å²) < 4.78 is 6.96. The van der Waals surface area contributed by atoms with Crippen LogP contribution >= 0.6 is 31.9 Å². The highest BCUT2D eigenvalue weighted by molar-refractivity contribution is 9.11. The summed E-state index contributed by atoms with van der Waals surface area (Å²) in [6.45, 7) is 0. The van der Waals surface area contributed by atoms with Crippen LogP contribution in [-0.2, 0) is 0 Å². The maximum atomic E-state index is 12.3. The van der Waals surface area contributed by atoms with Gasteiger partial charge in [-0.3, -0.25) is 0 Å². The molecule has 4 rings (SSSR count). The van der Waals surface area contributed by atoms with Gasteiger partial charge in [-0.25, -0.2) is 9.78 Å². The first-order chi connectivity index (χ1) is 12.1. The zero-order chi connectivity index (χ0) is 17.4. The molecule has 25 heavy (non-hydrogen) atoms. The third kappa shape index (κ3) is 3.17. The molecule has 0 aliphatic heterocycles. The molecule has 1 aromatic heterocycles. The van der Waals surface area contributed by atoms with Gasteiger partial charge in [0.1, 0.15) is 0 Å². The van der Waals surface area contributed by atoms with Crippen molar-refractivity contribution in [2.24, 2.45) is 0 Å². The van der Waals surface area contributed by atoms with E-state index in [2.05, 4.69) is 49.0 Å². The van der Waals surface area contributed by atoms with E-state index in [1.54, 1.807) is 6.07 Å². The van der Waals surface area contributed by atoms with Crippen molar-refractivity contribution in [2.75, 3.05) is 0 Å². The third-order valence-corrected chi connectivity index (χ3v) is 4.95. The van der Waals surface area contributed by atoms with Gasteiger partial charge >= 0.3 is 5.63 Å². The number of hydrogen-bond acceptors (Lipinski definition) is 3.